The zero-order chi connectivity index (χ0) is 34.8. The van der Waals surface area contributed by atoms with Crippen LogP contribution in [-0.4, -0.2) is 120 Å². The summed E-state index contributed by atoms with van der Waals surface area (Å²) < 4.78 is 76.3. The summed E-state index contributed by atoms with van der Waals surface area (Å²) in [4.78, 5) is 28.4. The van der Waals surface area contributed by atoms with Crippen LogP contribution in [0.4, 0.5) is 28.9 Å². The van der Waals surface area contributed by atoms with Crippen molar-refractivity contribution in [2.75, 3.05) is 71.1 Å². The molecule has 0 aliphatic carbocycles. The van der Waals surface area contributed by atoms with Gasteiger partial charge in [-0.15, -0.1) is 0 Å². The lowest BCUT2D eigenvalue weighted by Crippen LogP contribution is -2.50. The number of hydrogen-bond donors (Lipinski definition) is 2. The molecule has 0 radical (unpaired) electrons. The second kappa shape index (κ2) is 14.3. The highest BCUT2D eigenvalue weighted by atomic mass is 32.2. The summed E-state index contributed by atoms with van der Waals surface area (Å²) in [6.45, 7) is 6.37. The maximum absolute atomic E-state index is 14.1. The van der Waals surface area contributed by atoms with Gasteiger partial charge in [0.25, 0.3) is 10.0 Å². The summed E-state index contributed by atoms with van der Waals surface area (Å²) in [5, 5.41) is 10.3. The Balaban J connectivity index is 1.27. The summed E-state index contributed by atoms with van der Waals surface area (Å²) in [7, 11) is 1.06. The Morgan fingerprint density at radius 1 is 1.15 bits per heavy atom. The number of aryl methyl sites for hydroxylation is 1. The molecule has 5 rings (SSSR count). The third kappa shape index (κ3) is 7.86. The first-order valence-corrected chi connectivity index (χ1v) is 17.3. The van der Waals surface area contributed by atoms with Gasteiger partial charge in [-0.05, 0) is 34.0 Å². The number of para-hydroxylation sites is 1. The molecule has 0 bridgehead atoms. The number of aromatic nitrogens is 5. The zero-order valence-corrected chi connectivity index (χ0v) is 28.7. The van der Waals surface area contributed by atoms with Crippen LogP contribution in [0.5, 0.6) is 0 Å². The van der Waals surface area contributed by atoms with Crippen LogP contribution in [0.15, 0.2) is 34.9 Å². The van der Waals surface area contributed by atoms with E-state index >= 15 is 0 Å². The summed E-state index contributed by atoms with van der Waals surface area (Å²) in [5.74, 6) is 0.473. The van der Waals surface area contributed by atoms with Gasteiger partial charge in [-0.1, -0.05) is 23.5 Å². The number of amides is 1. The van der Waals surface area contributed by atoms with E-state index in [1.807, 2.05) is 25.9 Å². The summed E-state index contributed by atoms with van der Waals surface area (Å²) in [6, 6.07) is 4.88. The minimum Gasteiger partial charge on any atom is -0.453 e. The predicted octanol–water partition coefficient (Wildman–Crippen LogP) is 3.82. The molecule has 1 fully saturated rings. The van der Waals surface area contributed by atoms with Gasteiger partial charge in [0.2, 0.25) is 0 Å². The Labute approximate surface area is 280 Å². The van der Waals surface area contributed by atoms with Crippen molar-refractivity contribution in [1.29, 1.82) is 0 Å². The van der Waals surface area contributed by atoms with Gasteiger partial charge in [-0.2, -0.15) is 22.6 Å². The van der Waals surface area contributed by atoms with Crippen molar-refractivity contribution in [3.8, 4) is 11.1 Å². The number of nitrogens with zero attached hydrogens (tertiary/aromatic N) is 8. The van der Waals surface area contributed by atoms with E-state index in [0.29, 0.717) is 60.7 Å². The Morgan fingerprint density at radius 3 is 2.54 bits per heavy atom. The van der Waals surface area contributed by atoms with E-state index in [-0.39, 0.29) is 34.0 Å². The van der Waals surface area contributed by atoms with Crippen LogP contribution >= 0.6 is 11.3 Å². The number of benzene rings is 1. The number of nitrogens with one attached hydrogen (secondary N) is 2. The molecule has 1 aliphatic heterocycles. The molecule has 0 saturated carbocycles. The lowest BCUT2D eigenvalue weighted by Gasteiger charge is -2.35. The van der Waals surface area contributed by atoms with E-state index in [0.717, 1.165) is 11.3 Å². The molecule has 14 nitrogen and oxygen atoms in total. The van der Waals surface area contributed by atoms with Gasteiger partial charge in [0.1, 0.15) is 12.1 Å². The molecule has 1 amide bonds. The number of halogens is 3. The highest BCUT2D eigenvalue weighted by molar-refractivity contribution is 7.91. The molecular weight excluding hydrogens is 674 g/mol. The predicted molar refractivity (Wildman–Crippen MR) is 175 cm³/mol. The van der Waals surface area contributed by atoms with Gasteiger partial charge in [0.05, 0.1) is 24.9 Å². The number of methoxy groups -OCH3 is 1. The van der Waals surface area contributed by atoms with Crippen LogP contribution in [0.1, 0.15) is 18.3 Å². The minimum atomic E-state index is -4.66. The molecular formula is C29H37F3N10O4S2. The minimum absolute atomic E-state index is 0.0538. The van der Waals surface area contributed by atoms with Crippen molar-refractivity contribution in [1.82, 2.24) is 38.8 Å². The van der Waals surface area contributed by atoms with Crippen molar-refractivity contribution in [2.45, 2.75) is 36.8 Å². The fourth-order valence-corrected chi connectivity index (χ4v) is 8.37. The Hall–Kier alpha value is -3.91. The molecule has 1 saturated heterocycles. The number of carbonyl (C=O) groups excluding carboxylic acids is 1. The molecule has 4 aromatic rings. The van der Waals surface area contributed by atoms with Gasteiger partial charge < -0.3 is 15.0 Å². The number of carbonyl (C=O) groups is 1. The largest absolute Gasteiger partial charge is 0.453 e. The van der Waals surface area contributed by atoms with E-state index in [4.69, 9.17) is 0 Å². The van der Waals surface area contributed by atoms with Gasteiger partial charge in [0.15, 0.2) is 15.0 Å². The van der Waals surface area contributed by atoms with Crippen LogP contribution in [0, 0.1) is 6.92 Å². The number of alkyl halides is 3. The lowest BCUT2D eigenvalue weighted by molar-refractivity contribution is -0.141. The molecule has 1 atom stereocenters. The molecule has 0 spiro atoms. The number of hydrogen-bond acceptors (Lipinski definition) is 12. The van der Waals surface area contributed by atoms with Gasteiger partial charge in [-0.25, -0.2) is 28.2 Å². The van der Waals surface area contributed by atoms with Crippen molar-refractivity contribution in [2.24, 2.45) is 0 Å². The number of thiazole rings is 1. The Bertz CT molecular complexity index is 1870. The van der Waals surface area contributed by atoms with Gasteiger partial charge in [0, 0.05) is 68.0 Å². The molecule has 19 heteroatoms. The topological polar surface area (TPSA) is 151 Å². The first-order valence-electron chi connectivity index (χ1n) is 15.0. The summed E-state index contributed by atoms with van der Waals surface area (Å²) >= 11 is 0.873. The summed E-state index contributed by atoms with van der Waals surface area (Å²) in [5.41, 5.74) is -0.0699. The standard InChI is InChI=1S/C29H37F3N10O4S2/c1-18(15-40-10-13-42(14-11-40)48(44,45)26-19(2)36-27(47-26)37-28(43)46-5)35-25-21-8-6-7-20(23(21)33-17-34-25)22-16-41(12-9-39(3)4)38-24(22)29(30,31)32/h6-8,16-18H,9-15H2,1-5H3,(H,33,34,35)(H,36,37,43)/t18-/m0/s1. The first kappa shape index (κ1) is 35.4. The molecule has 2 N–H and O–H groups in total. The highest BCUT2D eigenvalue weighted by Crippen LogP contribution is 2.39. The Morgan fingerprint density at radius 2 is 1.88 bits per heavy atom. The number of ether oxygens (including phenoxy) is 1. The number of piperazine rings is 1. The number of rotatable bonds is 11. The third-order valence-corrected chi connectivity index (χ3v) is 11.3. The number of sulfonamides is 1. The SMILES string of the molecule is COC(=O)Nc1nc(C)c(S(=O)(=O)N2CCN(C[C@H](C)Nc3ncnc4c(-c5cn(CCN(C)C)nc5C(F)(F)F)cccc34)CC2)s1. The van der Waals surface area contributed by atoms with Crippen LogP contribution in [0.3, 0.4) is 0 Å². The van der Waals surface area contributed by atoms with E-state index < -0.39 is 28.0 Å². The number of fused-ring (bicyclic) bond motifs is 1. The van der Waals surface area contributed by atoms with E-state index in [1.54, 1.807) is 25.1 Å². The van der Waals surface area contributed by atoms with Gasteiger partial charge >= 0.3 is 12.3 Å². The Kier molecular flexibility index (Phi) is 10.5. The van der Waals surface area contributed by atoms with Crippen molar-refractivity contribution in [3.05, 3.63) is 42.1 Å². The van der Waals surface area contributed by atoms with E-state index in [2.05, 4.69) is 40.3 Å². The molecule has 260 valence electrons. The molecule has 0 unspecified atom stereocenters. The van der Waals surface area contributed by atoms with E-state index in [1.165, 1.54) is 28.6 Å². The zero-order valence-electron chi connectivity index (χ0n) is 27.1. The van der Waals surface area contributed by atoms with Crippen LogP contribution < -0.4 is 10.6 Å². The van der Waals surface area contributed by atoms with Crippen LogP contribution in [0.2, 0.25) is 0 Å². The monoisotopic (exact) mass is 710 g/mol. The average Bonchev–Trinajstić information content (AvgIpc) is 3.64. The first-order chi connectivity index (χ1) is 22.7. The van der Waals surface area contributed by atoms with Crippen molar-refractivity contribution >= 4 is 49.3 Å². The quantitative estimate of drug-likeness (QED) is 0.234. The van der Waals surface area contributed by atoms with Crippen LogP contribution in [0.25, 0.3) is 22.0 Å². The normalized spacial score (nSPS) is 15.6. The summed E-state index contributed by atoms with van der Waals surface area (Å²) in [6.07, 6.45) is -2.66. The second-order valence-corrected chi connectivity index (χ2v) is 14.8. The number of anilines is 2. The fraction of sp³-hybridized carbons (Fsp3) is 0.483. The molecule has 1 aromatic carbocycles. The average molecular weight is 711 g/mol. The lowest BCUT2D eigenvalue weighted by atomic mass is 10.0. The molecule has 48 heavy (non-hydrogen) atoms. The smallest absolute Gasteiger partial charge is 0.435 e. The van der Waals surface area contributed by atoms with E-state index in [9.17, 15) is 26.4 Å². The fourth-order valence-electron chi connectivity index (χ4n) is 5.41. The second-order valence-electron chi connectivity index (χ2n) is 11.6. The number of likely N-dealkylation sites (N-methyl/N-ethyl adjacent to an activating group) is 1. The maximum Gasteiger partial charge on any atom is 0.435 e. The van der Waals surface area contributed by atoms with Gasteiger partial charge in [-0.3, -0.25) is 14.9 Å². The highest BCUT2D eigenvalue weighted by Gasteiger charge is 2.38. The molecule has 3 aromatic heterocycles. The molecule has 1 aliphatic rings. The van der Waals surface area contributed by atoms with Crippen molar-refractivity contribution in [3.63, 3.8) is 0 Å². The molecule has 4 heterocycles. The third-order valence-electron chi connectivity index (χ3n) is 7.73. The maximum atomic E-state index is 14.1. The van der Waals surface area contributed by atoms with Crippen LogP contribution in [-0.2, 0) is 27.5 Å². The van der Waals surface area contributed by atoms with Crippen molar-refractivity contribution < 1.29 is 31.1 Å².